The number of pyridine rings is 1. The first-order valence-electron chi connectivity index (χ1n) is 9.16. The van der Waals surface area contributed by atoms with Crippen LogP contribution in [0.15, 0.2) is 72.1 Å². The van der Waals surface area contributed by atoms with Crippen molar-refractivity contribution in [1.82, 2.24) is 14.5 Å². The molecule has 0 amide bonds. The second-order valence-electron chi connectivity index (χ2n) is 6.68. The summed E-state index contributed by atoms with van der Waals surface area (Å²) in [6.45, 7) is 0.567. The van der Waals surface area contributed by atoms with Gasteiger partial charge in [-0.3, -0.25) is 4.98 Å². The number of aromatic nitrogens is 3. The van der Waals surface area contributed by atoms with Gasteiger partial charge in [0.05, 0.1) is 36.4 Å². The van der Waals surface area contributed by atoms with Crippen LogP contribution in [-0.2, 0) is 18.5 Å². The lowest BCUT2D eigenvalue weighted by atomic mass is 10.1. The molecule has 4 rings (SSSR count). The largest absolute Gasteiger partial charge is 0.497 e. The van der Waals surface area contributed by atoms with E-state index in [0.29, 0.717) is 17.9 Å². The number of fused-ring (bicyclic) bond motifs is 1. The van der Waals surface area contributed by atoms with Crippen molar-refractivity contribution in [2.75, 3.05) is 7.11 Å². The van der Waals surface area contributed by atoms with Crippen molar-refractivity contribution in [3.05, 3.63) is 83.7 Å². The molecule has 0 aliphatic carbocycles. The standard InChI is InChI=1S/C22H18F3N3OS/c1-29-18-7-5-15(6-8-18)13-28-20-12-26-10-9-19(20)27-21(28)30-14-16-3-2-4-17(11-16)22(23,24)25/h2-12H,13-14H2,1H3. The van der Waals surface area contributed by atoms with Gasteiger partial charge >= 0.3 is 6.18 Å². The SMILES string of the molecule is COc1ccc(Cn2c(SCc3cccc(C(F)(F)F)c3)nc3ccncc32)cc1. The molecule has 0 spiro atoms. The van der Waals surface area contributed by atoms with Gasteiger partial charge < -0.3 is 9.30 Å². The Morgan fingerprint density at radius 1 is 1.03 bits per heavy atom. The molecular weight excluding hydrogens is 411 g/mol. The first-order chi connectivity index (χ1) is 14.4. The number of thioether (sulfide) groups is 1. The molecule has 0 atom stereocenters. The predicted molar refractivity (Wildman–Crippen MR) is 111 cm³/mol. The molecule has 4 nitrogen and oxygen atoms in total. The lowest BCUT2D eigenvalue weighted by molar-refractivity contribution is -0.137. The molecule has 2 aromatic carbocycles. The van der Waals surface area contributed by atoms with Crippen LogP contribution in [0, 0.1) is 0 Å². The van der Waals surface area contributed by atoms with Gasteiger partial charge in [-0.25, -0.2) is 4.98 Å². The van der Waals surface area contributed by atoms with E-state index in [2.05, 4.69) is 9.97 Å². The summed E-state index contributed by atoms with van der Waals surface area (Å²) >= 11 is 1.40. The Labute approximate surface area is 175 Å². The molecule has 0 bridgehead atoms. The van der Waals surface area contributed by atoms with Crippen molar-refractivity contribution in [1.29, 1.82) is 0 Å². The van der Waals surface area contributed by atoms with Crippen LogP contribution in [0.4, 0.5) is 13.2 Å². The van der Waals surface area contributed by atoms with Crippen molar-refractivity contribution in [3.63, 3.8) is 0 Å². The Bertz CT molecular complexity index is 1160. The van der Waals surface area contributed by atoms with Crippen LogP contribution in [0.5, 0.6) is 5.75 Å². The molecule has 30 heavy (non-hydrogen) atoms. The third-order valence-corrected chi connectivity index (χ3v) is 5.69. The normalized spacial score (nSPS) is 11.7. The van der Waals surface area contributed by atoms with Crippen LogP contribution in [0.3, 0.4) is 0 Å². The fraction of sp³-hybridized carbons (Fsp3) is 0.182. The summed E-state index contributed by atoms with van der Waals surface area (Å²) in [6.07, 6.45) is -0.928. The van der Waals surface area contributed by atoms with Crippen molar-refractivity contribution in [2.24, 2.45) is 0 Å². The van der Waals surface area contributed by atoms with Crippen LogP contribution in [-0.4, -0.2) is 21.6 Å². The Morgan fingerprint density at radius 2 is 1.83 bits per heavy atom. The monoisotopic (exact) mass is 429 g/mol. The number of ether oxygens (including phenoxy) is 1. The molecule has 0 saturated carbocycles. The zero-order chi connectivity index (χ0) is 21.1. The van der Waals surface area contributed by atoms with Gasteiger partial charge in [-0.2, -0.15) is 13.2 Å². The number of methoxy groups -OCH3 is 1. The highest BCUT2D eigenvalue weighted by molar-refractivity contribution is 7.98. The van der Waals surface area contributed by atoms with E-state index in [-0.39, 0.29) is 0 Å². The maximum absolute atomic E-state index is 13.0. The van der Waals surface area contributed by atoms with Crippen molar-refractivity contribution in [3.8, 4) is 5.75 Å². The fourth-order valence-corrected chi connectivity index (χ4v) is 4.07. The number of halogens is 3. The van der Waals surface area contributed by atoms with Gasteiger partial charge in [0.25, 0.3) is 0 Å². The summed E-state index contributed by atoms with van der Waals surface area (Å²) in [5.74, 6) is 1.15. The van der Waals surface area contributed by atoms with E-state index in [1.165, 1.54) is 23.9 Å². The number of hydrogen-bond acceptors (Lipinski definition) is 4. The van der Waals surface area contributed by atoms with Crippen molar-refractivity contribution in [2.45, 2.75) is 23.6 Å². The van der Waals surface area contributed by atoms with E-state index in [1.54, 1.807) is 25.6 Å². The van der Waals surface area contributed by atoms with Gasteiger partial charge in [0.1, 0.15) is 5.75 Å². The Balaban J connectivity index is 1.61. The van der Waals surface area contributed by atoms with Gasteiger partial charge in [-0.1, -0.05) is 42.1 Å². The molecular formula is C22H18F3N3OS. The van der Waals surface area contributed by atoms with Gasteiger partial charge in [-0.15, -0.1) is 0 Å². The molecule has 8 heteroatoms. The number of rotatable bonds is 6. The second kappa shape index (κ2) is 8.39. The molecule has 154 valence electrons. The van der Waals surface area contributed by atoms with Crippen molar-refractivity contribution < 1.29 is 17.9 Å². The quantitative estimate of drug-likeness (QED) is 0.363. The highest BCUT2D eigenvalue weighted by atomic mass is 32.2. The van der Waals surface area contributed by atoms with Gasteiger partial charge in [0.2, 0.25) is 0 Å². The van der Waals surface area contributed by atoms with E-state index < -0.39 is 11.7 Å². The molecule has 2 aromatic heterocycles. The smallest absolute Gasteiger partial charge is 0.416 e. The summed E-state index contributed by atoms with van der Waals surface area (Å²) in [5, 5.41) is 0.728. The van der Waals surface area contributed by atoms with Gasteiger partial charge in [0.15, 0.2) is 5.16 Å². The average Bonchev–Trinajstić information content (AvgIpc) is 3.10. The number of hydrogen-bond donors (Lipinski definition) is 0. The summed E-state index contributed by atoms with van der Waals surface area (Å²) in [6, 6.07) is 15.0. The van der Waals surface area contributed by atoms with E-state index in [0.717, 1.165) is 33.6 Å². The molecule has 0 N–H and O–H groups in total. The number of benzene rings is 2. The van der Waals surface area contributed by atoms with E-state index in [9.17, 15) is 13.2 Å². The third-order valence-electron chi connectivity index (χ3n) is 4.64. The van der Waals surface area contributed by atoms with Crippen LogP contribution in [0.1, 0.15) is 16.7 Å². The summed E-state index contributed by atoms with van der Waals surface area (Å²) in [4.78, 5) is 8.87. The highest BCUT2D eigenvalue weighted by Gasteiger charge is 2.30. The molecule has 4 aromatic rings. The zero-order valence-electron chi connectivity index (χ0n) is 16.1. The maximum atomic E-state index is 13.0. The maximum Gasteiger partial charge on any atom is 0.416 e. The van der Waals surface area contributed by atoms with Crippen LogP contribution in [0.2, 0.25) is 0 Å². The van der Waals surface area contributed by atoms with Gasteiger partial charge in [-0.05, 0) is 35.4 Å². The molecule has 2 heterocycles. The van der Waals surface area contributed by atoms with E-state index >= 15 is 0 Å². The van der Waals surface area contributed by atoms with Crippen LogP contribution < -0.4 is 4.74 Å². The molecule has 0 saturated heterocycles. The number of nitrogens with zero attached hydrogens (tertiary/aromatic N) is 3. The van der Waals surface area contributed by atoms with Gasteiger partial charge in [0, 0.05) is 11.9 Å². The highest BCUT2D eigenvalue weighted by Crippen LogP contribution is 2.32. The summed E-state index contributed by atoms with van der Waals surface area (Å²) in [7, 11) is 1.62. The second-order valence-corrected chi connectivity index (χ2v) is 7.62. The molecule has 0 fully saturated rings. The minimum Gasteiger partial charge on any atom is -0.497 e. The summed E-state index contributed by atoms with van der Waals surface area (Å²) in [5.41, 5.74) is 2.68. The van der Waals surface area contributed by atoms with Crippen molar-refractivity contribution >= 4 is 22.8 Å². The third kappa shape index (κ3) is 4.43. The Morgan fingerprint density at radius 3 is 2.57 bits per heavy atom. The fourth-order valence-electron chi connectivity index (χ4n) is 3.11. The topological polar surface area (TPSA) is 39.9 Å². The number of alkyl halides is 3. The molecule has 0 unspecified atom stereocenters. The van der Waals surface area contributed by atoms with E-state index in [1.807, 2.05) is 34.9 Å². The number of imidazole rings is 1. The average molecular weight is 429 g/mol. The molecule has 0 radical (unpaired) electrons. The van der Waals surface area contributed by atoms with Crippen LogP contribution in [0.25, 0.3) is 11.0 Å². The first-order valence-corrected chi connectivity index (χ1v) is 10.1. The molecule has 0 aliphatic heterocycles. The minimum absolute atomic E-state index is 0.378. The van der Waals surface area contributed by atoms with Crippen LogP contribution >= 0.6 is 11.8 Å². The Hall–Kier alpha value is -3.00. The summed E-state index contributed by atoms with van der Waals surface area (Å²) < 4.78 is 46.2. The zero-order valence-corrected chi connectivity index (χ0v) is 16.9. The Kier molecular flexibility index (Phi) is 5.67. The molecule has 0 aliphatic rings. The lowest BCUT2D eigenvalue weighted by Gasteiger charge is -2.11. The predicted octanol–water partition coefficient (Wildman–Crippen LogP) is 5.80. The van der Waals surface area contributed by atoms with E-state index in [4.69, 9.17) is 4.74 Å². The minimum atomic E-state index is -4.35. The first kappa shape index (κ1) is 20.3. The lowest BCUT2D eigenvalue weighted by Crippen LogP contribution is -2.05.